The van der Waals surface area contributed by atoms with Crippen molar-refractivity contribution in [1.29, 1.82) is 0 Å². The van der Waals surface area contributed by atoms with Crippen LogP contribution in [0.1, 0.15) is 37.0 Å². The van der Waals surface area contributed by atoms with Gasteiger partial charge in [0.05, 0.1) is 5.56 Å². The van der Waals surface area contributed by atoms with Crippen LogP contribution in [-0.2, 0) is 0 Å². The normalized spacial score (nSPS) is 20.8. The first-order valence-corrected chi connectivity index (χ1v) is 8.76. The van der Waals surface area contributed by atoms with Gasteiger partial charge in [-0.3, -0.25) is 4.79 Å². The fourth-order valence-electron chi connectivity index (χ4n) is 3.25. The predicted octanol–water partition coefficient (Wildman–Crippen LogP) is 1.49. The van der Waals surface area contributed by atoms with Crippen LogP contribution in [0, 0.1) is 5.92 Å². The molecule has 1 aromatic heterocycles. The van der Waals surface area contributed by atoms with Crippen LogP contribution >= 0.6 is 0 Å². The fourth-order valence-corrected chi connectivity index (χ4v) is 3.25. The van der Waals surface area contributed by atoms with Gasteiger partial charge in [0.25, 0.3) is 5.91 Å². The molecular formula is C17H27N5O. The van der Waals surface area contributed by atoms with E-state index >= 15 is 0 Å². The average molecular weight is 317 g/mol. The number of piperazine rings is 1. The number of nitrogens with zero attached hydrogens (tertiary/aromatic N) is 5. The monoisotopic (exact) mass is 317 g/mol. The Hall–Kier alpha value is -1.69. The molecule has 0 radical (unpaired) electrons. The summed E-state index contributed by atoms with van der Waals surface area (Å²) in [7, 11) is 0. The van der Waals surface area contributed by atoms with Crippen LogP contribution in [0.25, 0.3) is 0 Å². The first-order chi connectivity index (χ1) is 11.2. The highest BCUT2D eigenvalue weighted by Crippen LogP contribution is 2.19. The summed E-state index contributed by atoms with van der Waals surface area (Å²) in [6, 6.07) is 0. The zero-order valence-electron chi connectivity index (χ0n) is 14.2. The second-order valence-corrected chi connectivity index (χ2v) is 6.67. The average Bonchev–Trinajstić information content (AvgIpc) is 2.62. The molecule has 2 aliphatic rings. The highest BCUT2D eigenvalue weighted by atomic mass is 16.2. The minimum atomic E-state index is 0.0552. The summed E-state index contributed by atoms with van der Waals surface area (Å²) in [5.74, 6) is 1.60. The van der Waals surface area contributed by atoms with Crippen LogP contribution in [0.5, 0.6) is 0 Å². The van der Waals surface area contributed by atoms with Gasteiger partial charge in [0.1, 0.15) is 0 Å². The largest absolute Gasteiger partial charge is 0.341 e. The lowest BCUT2D eigenvalue weighted by Crippen LogP contribution is -2.48. The van der Waals surface area contributed by atoms with Crippen LogP contribution in [0.4, 0.5) is 5.95 Å². The maximum absolute atomic E-state index is 12.5. The van der Waals surface area contributed by atoms with Crippen molar-refractivity contribution in [1.82, 2.24) is 19.8 Å². The number of rotatable bonds is 3. The van der Waals surface area contributed by atoms with E-state index < -0.39 is 0 Å². The van der Waals surface area contributed by atoms with Gasteiger partial charge in [-0.1, -0.05) is 13.8 Å². The maximum atomic E-state index is 12.5. The smallest absolute Gasteiger partial charge is 0.257 e. The van der Waals surface area contributed by atoms with Gasteiger partial charge in [0.15, 0.2) is 0 Å². The molecule has 1 amide bonds. The first kappa shape index (κ1) is 16.2. The third-order valence-corrected chi connectivity index (χ3v) is 5.06. The van der Waals surface area contributed by atoms with E-state index in [0.717, 1.165) is 57.7 Å². The van der Waals surface area contributed by atoms with E-state index in [1.807, 2.05) is 4.90 Å². The summed E-state index contributed by atoms with van der Waals surface area (Å²) in [6.45, 7) is 11.0. The number of amides is 1. The molecule has 23 heavy (non-hydrogen) atoms. The van der Waals surface area contributed by atoms with E-state index in [4.69, 9.17) is 0 Å². The highest BCUT2D eigenvalue weighted by Gasteiger charge is 2.23. The number of piperidine rings is 1. The summed E-state index contributed by atoms with van der Waals surface area (Å²) in [5.41, 5.74) is 0.601. The Morgan fingerprint density at radius 3 is 2.26 bits per heavy atom. The molecule has 0 aromatic carbocycles. The first-order valence-electron chi connectivity index (χ1n) is 8.76. The SMILES string of the molecule is CCN1CCN(C(=O)c2cnc(N3CCC(C)CC3)nc2)CC1. The number of anilines is 1. The molecular weight excluding hydrogens is 290 g/mol. The van der Waals surface area contributed by atoms with E-state index in [0.29, 0.717) is 5.56 Å². The summed E-state index contributed by atoms with van der Waals surface area (Å²) in [5, 5.41) is 0. The second-order valence-electron chi connectivity index (χ2n) is 6.67. The van der Waals surface area contributed by atoms with Gasteiger partial charge in [-0.2, -0.15) is 0 Å². The van der Waals surface area contributed by atoms with Gasteiger partial charge < -0.3 is 14.7 Å². The molecule has 126 valence electrons. The Kier molecular flexibility index (Phi) is 5.10. The number of hydrogen-bond acceptors (Lipinski definition) is 5. The fraction of sp³-hybridized carbons (Fsp3) is 0.706. The van der Waals surface area contributed by atoms with E-state index in [9.17, 15) is 4.79 Å². The molecule has 6 nitrogen and oxygen atoms in total. The van der Waals surface area contributed by atoms with Crippen LogP contribution in [-0.4, -0.2) is 71.5 Å². The number of likely N-dealkylation sites (N-methyl/N-ethyl adjacent to an activating group) is 1. The third kappa shape index (κ3) is 3.80. The molecule has 2 aliphatic heterocycles. The van der Waals surface area contributed by atoms with Crippen molar-refractivity contribution in [3.8, 4) is 0 Å². The number of aromatic nitrogens is 2. The summed E-state index contributed by atoms with van der Waals surface area (Å²) in [6.07, 6.45) is 5.75. The van der Waals surface area contributed by atoms with Crippen LogP contribution in [0.2, 0.25) is 0 Å². The number of carbonyl (C=O) groups excluding carboxylic acids is 1. The van der Waals surface area contributed by atoms with E-state index in [1.54, 1.807) is 12.4 Å². The van der Waals surface area contributed by atoms with Crippen LogP contribution in [0.3, 0.4) is 0 Å². The van der Waals surface area contributed by atoms with Crippen LogP contribution < -0.4 is 4.90 Å². The molecule has 3 heterocycles. The van der Waals surface area contributed by atoms with Gasteiger partial charge in [-0.05, 0) is 25.3 Å². The van der Waals surface area contributed by atoms with E-state index in [2.05, 4.69) is 33.6 Å². The van der Waals surface area contributed by atoms with Gasteiger partial charge in [0, 0.05) is 51.7 Å². The molecule has 6 heteroatoms. The molecule has 2 saturated heterocycles. The number of carbonyl (C=O) groups is 1. The molecule has 0 bridgehead atoms. The van der Waals surface area contributed by atoms with Crippen molar-refractivity contribution in [3.63, 3.8) is 0 Å². The lowest BCUT2D eigenvalue weighted by Gasteiger charge is -2.34. The van der Waals surface area contributed by atoms with Crippen molar-refractivity contribution >= 4 is 11.9 Å². The molecule has 0 atom stereocenters. The molecule has 2 fully saturated rings. The standard InChI is InChI=1S/C17H27N5O/c1-3-20-8-10-21(11-9-20)16(23)15-12-18-17(19-13-15)22-6-4-14(2)5-7-22/h12-14H,3-11H2,1-2H3. The van der Waals surface area contributed by atoms with Gasteiger partial charge in [-0.15, -0.1) is 0 Å². The topological polar surface area (TPSA) is 52.6 Å². The van der Waals surface area contributed by atoms with E-state index in [1.165, 1.54) is 12.8 Å². The molecule has 0 spiro atoms. The zero-order valence-corrected chi connectivity index (χ0v) is 14.2. The van der Waals surface area contributed by atoms with Crippen molar-refractivity contribution < 1.29 is 4.79 Å². The lowest BCUT2D eigenvalue weighted by atomic mass is 10.00. The minimum absolute atomic E-state index is 0.0552. The van der Waals surface area contributed by atoms with E-state index in [-0.39, 0.29) is 5.91 Å². The molecule has 3 rings (SSSR count). The maximum Gasteiger partial charge on any atom is 0.257 e. The molecule has 0 aliphatic carbocycles. The summed E-state index contributed by atoms with van der Waals surface area (Å²) < 4.78 is 0. The predicted molar refractivity (Wildman–Crippen MR) is 90.7 cm³/mol. The van der Waals surface area contributed by atoms with Gasteiger partial charge in [-0.25, -0.2) is 9.97 Å². The lowest BCUT2D eigenvalue weighted by molar-refractivity contribution is 0.0642. The van der Waals surface area contributed by atoms with Crippen LogP contribution in [0.15, 0.2) is 12.4 Å². The Balaban J connectivity index is 1.59. The highest BCUT2D eigenvalue weighted by molar-refractivity contribution is 5.93. The second kappa shape index (κ2) is 7.25. The molecule has 0 N–H and O–H groups in total. The van der Waals surface area contributed by atoms with Crippen molar-refractivity contribution in [2.24, 2.45) is 5.92 Å². The quantitative estimate of drug-likeness (QED) is 0.845. The van der Waals surface area contributed by atoms with Crippen molar-refractivity contribution in [2.75, 3.05) is 50.7 Å². The Morgan fingerprint density at radius 2 is 1.70 bits per heavy atom. The van der Waals surface area contributed by atoms with Gasteiger partial charge in [0.2, 0.25) is 5.95 Å². The third-order valence-electron chi connectivity index (χ3n) is 5.06. The van der Waals surface area contributed by atoms with Crippen molar-refractivity contribution in [2.45, 2.75) is 26.7 Å². The van der Waals surface area contributed by atoms with Crippen molar-refractivity contribution in [3.05, 3.63) is 18.0 Å². The molecule has 1 aromatic rings. The summed E-state index contributed by atoms with van der Waals surface area (Å²) in [4.78, 5) is 27.9. The Labute approximate surface area is 138 Å². The van der Waals surface area contributed by atoms with Gasteiger partial charge >= 0.3 is 0 Å². The minimum Gasteiger partial charge on any atom is -0.341 e. The zero-order chi connectivity index (χ0) is 16.2. The Morgan fingerprint density at radius 1 is 1.09 bits per heavy atom. The number of hydrogen-bond donors (Lipinski definition) is 0. The molecule has 0 unspecified atom stereocenters. The molecule has 0 saturated carbocycles. The summed E-state index contributed by atoms with van der Waals surface area (Å²) >= 11 is 0. The Bertz CT molecular complexity index is 516.